The van der Waals surface area contributed by atoms with E-state index in [9.17, 15) is 0 Å². The van der Waals surface area contributed by atoms with Crippen LogP contribution in [-0.4, -0.2) is 64.3 Å². The van der Waals surface area contributed by atoms with Crippen LogP contribution in [0, 0.1) is 5.92 Å². The third kappa shape index (κ3) is 5.86. The third-order valence-electron chi connectivity index (χ3n) is 6.31. The van der Waals surface area contributed by atoms with Crippen LogP contribution in [0.3, 0.4) is 0 Å². The number of benzene rings is 2. The molecule has 2 heterocycles. The number of aliphatic imine (C=N–C) groups is 1. The predicted molar refractivity (Wildman–Crippen MR) is 141 cm³/mol. The monoisotopic (exact) mass is 550 g/mol. The van der Waals surface area contributed by atoms with Gasteiger partial charge in [-0.05, 0) is 30.5 Å². The zero-order chi connectivity index (χ0) is 21.5. The first-order valence-electron chi connectivity index (χ1n) is 11.3. The molecule has 2 saturated heterocycles. The summed E-state index contributed by atoms with van der Waals surface area (Å²) in [5, 5.41) is 3.64. The summed E-state index contributed by atoms with van der Waals surface area (Å²) >= 11 is 0. The van der Waals surface area contributed by atoms with Gasteiger partial charge in [-0.15, -0.1) is 24.0 Å². The van der Waals surface area contributed by atoms with Crippen LogP contribution in [0.15, 0.2) is 59.6 Å². The van der Waals surface area contributed by atoms with Crippen molar-refractivity contribution >= 4 is 35.6 Å². The number of nitrogens with zero attached hydrogens (tertiary/aromatic N) is 3. The standard InChI is InChI=1S/C25H34N4O2.HI/c1-26-25(27-19-21-11-8-18-31-24(21)20-9-4-3-5-10-20)29-16-14-28(15-17-29)22-12-6-7-13-23(22)30-2;/h3-7,9-10,12-13,21,24H,8,11,14-19H2,1-2H3,(H,26,27);1H. The minimum atomic E-state index is 0. The van der Waals surface area contributed by atoms with Crippen LogP contribution < -0.4 is 15.0 Å². The Hall–Kier alpha value is -2.00. The summed E-state index contributed by atoms with van der Waals surface area (Å²) in [6.07, 6.45) is 2.44. The normalized spacial score (nSPS) is 21.6. The van der Waals surface area contributed by atoms with E-state index >= 15 is 0 Å². The quantitative estimate of drug-likeness (QED) is 0.344. The Morgan fingerprint density at radius 1 is 1.06 bits per heavy atom. The van der Waals surface area contributed by atoms with Crippen molar-refractivity contribution < 1.29 is 9.47 Å². The highest BCUT2D eigenvalue weighted by atomic mass is 127. The number of halogens is 1. The van der Waals surface area contributed by atoms with Crippen LogP contribution in [0.2, 0.25) is 0 Å². The lowest BCUT2D eigenvalue weighted by atomic mass is 9.89. The Kier molecular flexibility index (Phi) is 9.47. The molecule has 0 aromatic heterocycles. The van der Waals surface area contributed by atoms with Gasteiger partial charge < -0.3 is 24.6 Å². The summed E-state index contributed by atoms with van der Waals surface area (Å²) in [5.41, 5.74) is 2.44. The molecule has 7 heteroatoms. The number of guanidine groups is 1. The van der Waals surface area contributed by atoms with Crippen molar-refractivity contribution in [1.82, 2.24) is 10.2 Å². The van der Waals surface area contributed by atoms with E-state index in [1.54, 1.807) is 7.11 Å². The number of piperazine rings is 1. The van der Waals surface area contributed by atoms with Gasteiger partial charge >= 0.3 is 0 Å². The zero-order valence-corrected chi connectivity index (χ0v) is 21.4. The summed E-state index contributed by atoms with van der Waals surface area (Å²) in [7, 11) is 3.61. The molecular weight excluding hydrogens is 515 g/mol. The first-order chi connectivity index (χ1) is 15.3. The zero-order valence-electron chi connectivity index (χ0n) is 19.1. The van der Waals surface area contributed by atoms with Gasteiger partial charge in [0.1, 0.15) is 5.75 Å². The maximum atomic E-state index is 6.16. The fourth-order valence-corrected chi connectivity index (χ4v) is 4.67. The Morgan fingerprint density at radius 2 is 1.78 bits per heavy atom. The molecule has 0 amide bonds. The molecule has 1 N–H and O–H groups in total. The Morgan fingerprint density at radius 3 is 2.50 bits per heavy atom. The molecule has 174 valence electrons. The minimum Gasteiger partial charge on any atom is -0.495 e. The van der Waals surface area contributed by atoms with Crippen molar-refractivity contribution in [3.8, 4) is 5.75 Å². The fourth-order valence-electron chi connectivity index (χ4n) is 4.67. The van der Waals surface area contributed by atoms with Crippen LogP contribution in [0.4, 0.5) is 5.69 Å². The third-order valence-corrected chi connectivity index (χ3v) is 6.31. The number of nitrogens with one attached hydrogen (secondary N) is 1. The molecule has 0 bridgehead atoms. The van der Waals surface area contributed by atoms with Gasteiger partial charge in [-0.1, -0.05) is 42.5 Å². The van der Waals surface area contributed by atoms with Gasteiger partial charge in [0.2, 0.25) is 0 Å². The van der Waals surface area contributed by atoms with Crippen molar-refractivity contribution in [2.45, 2.75) is 18.9 Å². The van der Waals surface area contributed by atoms with Crippen LogP contribution in [0.1, 0.15) is 24.5 Å². The highest BCUT2D eigenvalue weighted by Crippen LogP contribution is 2.33. The molecule has 2 aliphatic rings. The average molecular weight is 550 g/mol. The van der Waals surface area contributed by atoms with E-state index in [4.69, 9.17) is 9.47 Å². The second-order valence-corrected chi connectivity index (χ2v) is 8.18. The van der Waals surface area contributed by atoms with Crippen molar-refractivity contribution in [3.63, 3.8) is 0 Å². The maximum Gasteiger partial charge on any atom is 0.193 e. The van der Waals surface area contributed by atoms with Crippen molar-refractivity contribution in [2.75, 3.05) is 58.4 Å². The predicted octanol–water partition coefficient (Wildman–Crippen LogP) is 4.18. The Labute approximate surface area is 209 Å². The number of hydrogen-bond acceptors (Lipinski definition) is 4. The minimum absolute atomic E-state index is 0. The lowest BCUT2D eigenvalue weighted by Gasteiger charge is -2.39. The molecule has 6 nitrogen and oxygen atoms in total. The number of rotatable bonds is 5. The van der Waals surface area contributed by atoms with Gasteiger partial charge in [0.15, 0.2) is 5.96 Å². The average Bonchev–Trinajstić information content (AvgIpc) is 2.85. The highest BCUT2D eigenvalue weighted by Gasteiger charge is 2.28. The molecule has 0 spiro atoms. The first kappa shape index (κ1) is 24.6. The van der Waals surface area contributed by atoms with Crippen LogP contribution in [0.25, 0.3) is 0 Å². The summed E-state index contributed by atoms with van der Waals surface area (Å²) in [6, 6.07) is 18.8. The van der Waals surface area contributed by atoms with Crippen molar-refractivity contribution in [2.24, 2.45) is 10.9 Å². The number of methoxy groups -OCH3 is 1. The van der Waals surface area contributed by atoms with Crippen LogP contribution in [-0.2, 0) is 4.74 Å². The molecule has 2 unspecified atom stereocenters. The molecule has 2 atom stereocenters. The van der Waals surface area contributed by atoms with Gasteiger partial charge in [-0.25, -0.2) is 0 Å². The molecule has 2 aliphatic heterocycles. The van der Waals surface area contributed by atoms with Gasteiger partial charge in [0, 0.05) is 52.3 Å². The molecule has 0 aliphatic carbocycles. The van der Waals surface area contributed by atoms with Gasteiger partial charge in [0.05, 0.1) is 18.9 Å². The summed E-state index contributed by atoms with van der Waals surface area (Å²) in [6.45, 7) is 5.47. The lowest BCUT2D eigenvalue weighted by molar-refractivity contribution is -0.0266. The molecule has 32 heavy (non-hydrogen) atoms. The van der Waals surface area contributed by atoms with E-state index in [2.05, 4.69) is 62.6 Å². The molecule has 2 aromatic rings. The van der Waals surface area contributed by atoms with Gasteiger partial charge in [0.25, 0.3) is 0 Å². The number of para-hydroxylation sites is 2. The molecule has 0 saturated carbocycles. The molecule has 2 aromatic carbocycles. The van der Waals surface area contributed by atoms with Crippen LogP contribution in [0.5, 0.6) is 5.75 Å². The Bertz CT molecular complexity index is 856. The largest absolute Gasteiger partial charge is 0.495 e. The van der Waals surface area contributed by atoms with Crippen molar-refractivity contribution in [1.29, 1.82) is 0 Å². The van der Waals surface area contributed by atoms with Gasteiger partial charge in [-0.2, -0.15) is 0 Å². The summed E-state index contributed by atoms with van der Waals surface area (Å²) in [4.78, 5) is 9.32. The molecule has 4 rings (SSSR count). The van der Waals surface area contributed by atoms with E-state index in [1.807, 2.05) is 19.2 Å². The van der Waals surface area contributed by atoms with Crippen molar-refractivity contribution in [3.05, 3.63) is 60.2 Å². The smallest absolute Gasteiger partial charge is 0.193 e. The van der Waals surface area contributed by atoms with E-state index in [1.165, 1.54) is 12.0 Å². The number of ether oxygens (including phenoxy) is 2. The van der Waals surface area contributed by atoms with E-state index in [0.29, 0.717) is 5.92 Å². The molecule has 2 fully saturated rings. The number of anilines is 1. The molecule has 0 radical (unpaired) electrons. The first-order valence-corrected chi connectivity index (χ1v) is 11.3. The molecular formula is C25H35IN4O2. The van der Waals surface area contributed by atoms with E-state index < -0.39 is 0 Å². The van der Waals surface area contributed by atoms with E-state index in [-0.39, 0.29) is 30.1 Å². The SMILES string of the molecule is CN=C(NCC1CCCOC1c1ccccc1)N1CCN(c2ccccc2OC)CC1.I. The summed E-state index contributed by atoms with van der Waals surface area (Å²) < 4.78 is 11.7. The number of hydrogen-bond donors (Lipinski definition) is 1. The van der Waals surface area contributed by atoms with E-state index in [0.717, 1.165) is 63.1 Å². The highest BCUT2D eigenvalue weighted by molar-refractivity contribution is 14.0. The second kappa shape index (κ2) is 12.3. The Balaban J connectivity index is 0.00000289. The lowest BCUT2D eigenvalue weighted by Crippen LogP contribution is -2.53. The summed E-state index contributed by atoms with van der Waals surface area (Å²) in [5.74, 6) is 2.36. The fraction of sp³-hybridized carbons (Fsp3) is 0.480. The topological polar surface area (TPSA) is 49.3 Å². The van der Waals surface area contributed by atoms with Gasteiger partial charge in [-0.3, -0.25) is 4.99 Å². The maximum absolute atomic E-state index is 6.16. The second-order valence-electron chi connectivity index (χ2n) is 8.18. The van der Waals surface area contributed by atoms with Crippen LogP contribution >= 0.6 is 24.0 Å².